The van der Waals surface area contributed by atoms with Crippen LogP contribution in [0.3, 0.4) is 0 Å². The molecule has 9 heteroatoms. The molecule has 34 heavy (non-hydrogen) atoms. The van der Waals surface area contributed by atoms with Gasteiger partial charge in [-0.2, -0.15) is 0 Å². The highest BCUT2D eigenvalue weighted by atomic mass is 32.2. The monoisotopic (exact) mass is 489 g/mol. The van der Waals surface area contributed by atoms with Gasteiger partial charge in [0.2, 0.25) is 5.89 Å². The second kappa shape index (κ2) is 10.2. The number of ether oxygens (including phenoxy) is 1. The van der Waals surface area contributed by atoms with Crippen LogP contribution in [-0.2, 0) is 13.0 Å². The summed E-state index contributed by atoms with van der Waals surface area (Å²) >= 11 is 3.14. The highest BCUT2D eigenvalue weighted by Gasteiger charge is 2.22. The molecule has 0 aliphatic heterocycles. The zero-order valence-corrected chi connectivity index (χ0v) is 20.4. The molecule has 0 radical (unpaired) electrons. The van der Waals surface area contributed by atoms with Crippen molar-refractivity contribution in [3.63, 3.8) is 0 Å². The van der Waals surface area contributed by atoms with Gasteiger partial charge >= 0.3 is 0 Å². The molecule has 3 heterocycles. The van der Waals surface area contributed by atoms with Crippen LogP contribution in [0, 0.1) is 0 Å². The molecule has 1 atom stereocenters. The predicted molar refractivity (Wildman–Crippen MR) is 134 cm³/mol. The first-order valence-electron chi connectivity index (χ1n) is 10.9. The Bertz CT molecular complexity index is 1330. The van der Waals surface area contributed by atoms with Crippen LogP contribution >= 0.6 is 23.1 Å². The molecule has 0 saturated heterocycles. The number of benzene rings is 2. The predicted octanol–water partition coefficient (Wildman–Crippen LogP) is 6.16. The largest absolute Gasteiger partial charge is 0.497 e. The molecule has 0 aliphatic rings. The van der Waals surface area contributed by atoms with E-state index in [-0.39, 0.29) is 5.25 Å². The maximum absolute atomic E-state index is 5.94. The molecule has 0 aliphatic carbocycles. The van der Waals surface area contributed by atoms with E-state index in [1.165, 1.54) is 5.56 Å². The highest BCUT2D eigenvalue weighted by Crippen LogP contribution is 2.36. The third-order valence-corrected chi connectivity index (χ3v) is 7.26. The van der Waals surface area contributed by atoms with Crippen molar-refractivity contribution in [1.82, 2.24) is 25.0 Å². The first kappa shape index (κ1) is 22.4. The minimum Gasteiger partial charge on any atom is -0.497 e. The van der Waals surface area contributed by atoms with Crippen molar-refractivity contribution in [3.8, 4) is 27.9 Å². The lowest BCUT2D eigenvalue weighted by molar-refractivity contribution is 0.415. The van der Waals surface area contributed by atoms with Crippen molar-refractivity contribution in [1.29, 1.82) is 0 Å². The van der Waals surface area contributed by atoms with Crippen molar-refractivity contribution >= 4 is 23.1 Å². The van der Waals surface area contributed by atoms with Crippen LogP contribution in [0.2, 0.25) is 0 Å². The topological polar surface area (TPSA) is 78.9 Å². The molecule has 2 aromatic carbocycles. The molecule has 0 fully saturated rings. The molecular weight excluding hydrogens is 466 g/mol. The molecule has 1 unspecified atom stereocenters. The normalized spacial score (nSPS) is 12.1. The Kier molecular flexibility index (Phi) is 6.73. The van der Waals surface area contributed by atoms with Gasteiger partial charge in [-0.05, 0) is 54.6 Å². The van der Waals surface area contributed by atoms with E-state index in [9.17, 15) is 0 Å². The minimum atomic E-state index is -0.0791. The van der Waals surface area contributed by atoms with Crippen LogP contribution in [0.1, 0.15) is 23.6 Å². The number of nitrogens with zero attached hydrogens (tertiary/aromatic N) is 5. The van der Waals surface area contributed by atoms with Crippen LogP contribution in [0.5, 0.6) is 5.75 Å². The lowest BCUT2D eigenvalue weighted by Gasteiger charge is -2.12. The first-order valence-corrected chi connectivity index (χ1v) is 12.6. The minimum absolute atomic E-state index is 0.0791. The summed E-state index contributed by atoms with van der Waals surface area (Å²) in [6.07, 6.45) is 0.868. The Morgan fingerprint density at radius 3 is 2.53 bits per heavy atom. The van der Waals surface area contributed by atoms with Crippen LogP contribution in [-0.4, -0.2) is 32.1 Å². The molecule has 0 spiro atoms. The Labute approximate surface area is 205 Å². The first-order chi connectivity index (χ1) is 16.7. The van der Waals surface area contributed by atoms with Gasteiger partial charge in [0.15, 0.2) is 11.0 Å². The number of hydrogen-bond donors (Lipinski definition) is 0. The quantitative estimate of drug-likeness (QED) is 0.229. The van der Waals surface area contributed by atoms with Gasteiger partial charge in [-0.25, -0.2) is 0 Å². The number of aromatic nitrogens is 5. The lowest BCUT2D eigenvalue weighted by Crippen LogP contribution is -2.06. The molecule has 0 N–H and O–H groups in total. The average molecular weight is 490 g/mol. The van der Waals surface area contributed by atoms with E-state index < -0.39 is 0 Å². The van der Waals surface area contributed by atoms with E-state index in [1.54, 1.807) is 30.2 Å². The fraction of sp³-hybridized carbons (Fsp3) is 0.200. The summed E-state index contributed by atoms with van der Waals surface area (Å²) in [5.41, 5.74) is 2.25. The Balaban J connectivity index is 1.41. The smallest absolute Gasteiger partial charge is 0.257 e. The summed E-state index contributed by atoms with van der Waals surface area (Å²) in [5, 5.41) is 20.3. The molecule has 3 aromatic heterocycles. The SMILES string of the molecule is COc1ccc(-c2nnc(SC(C)c3nnc(-c4cccs4)o3)n2CCc2ccccc2)cc1. The number of methoxy groups -OCH3 is 1. The summed E-state index contributed by atoms with van der Waals surface area (Å²) in [4.78, 5) is 0.962. The van der Waals surface area contributed by atoms with Crippen LogP contribution in [0.15, 0.2) is 81.7 Å². The van der Waals surface area contributed by atoms with E-state index in [1.807, 2.05) is 54.8 Å². The standard InChI is InChI=1S/C25H23N5O2S2/c1-17(23-27-28-24(32-23)21-9-6-16-33-21)34-25-29-26-22(19-10-12-20(31-2)13-11-19)30(25)15-14-18-7-4-3-5-8-18/h3-13,16-17H,14-15H2,1-2H3. The molecule has 7 nitrogen and oxygen atoms in total. The van der Waals surface area contributed by atoms with E-state index in [2.05, 4.69) is 49.2 Å². The van der Waals surface area contributed by atoms with E-state index in [4.69, 9.17) is 9.15 Å². The average Bonchev–Trinajstić information content (AvgIpc) is 3.64. The highest BCUT2D eigenvalue weighted by molar-refractivity contribution is 7.99. The van der Waals surface area contributed by atoms with Crippen LogP contribution in [0.25, 0.3) is 22.2 Å². The Morgan fingerprint density at radius 1 is 0.971 bits per heavy atom. The maximum atomic E-state index is 5.94. The van der Waals surface area contributed by atoms with Crippen molar-refractivity contribution in [2.45, 2.75) is 30.3 Å². The molecule has 0 saturated carbocycles. The second-order valence-corrected chi connectivity index (χ2v) is 9.86. The number of thiophene rings is 1. The zero-order valence-electron chi connectivity index (χ0n) is 18.8. The molecule has 172 valence electrons. The van der Waals surface area contributed by atoms with Gasteiger partial charge in [0, 0.05) is 12.1 Å². The second-order valence-electron chi connectivity index (χ2n) is 7.60. The summed E-state index contributed by atoms with van der Waals surface area (Å²) < 4.78 is 13.4. The Hall–Kier alpha value is -3.43. The number of hydrogen-bond acceptors (Lipinski definition) is 8. The van der Waals surface area contributed by atoms with Gasteiger partial charge < -0.3 is 13.7 Å². The third-order valence-electron chi connectivity index (χ3n) is 5.33. The van der Waals surface area contributed by atoms with Crippen molar-refractivity contribution in [2.75, 3.05) is 7.11 Å². The number of thioether (sulfide) groups is 1. The fourth-order valence-corrected chi connectivity index (χ4v) is 5.07. The van der Waals surface area contributed by atoms with Gasteiger partial charge in [-0.1, -0.05) is 48.2 Å². The van der Waals surface area contributed by atoms with Gasteiger partial charge in [0.25, 0.3) is 5.89 Å². The van der Waals surface area contributed by atoms with Gasteiger partial charge in [0.1, 0.15) is 5.75 Å². The zero-order chi connectivity index (χ0) is 23.3. The van der Waals surface area contributed by atoms with E-state index in [0.717, 1.165) is 40.1 Å². The van der Waals surface area contributed by atoms with Crippen LogP contribution < -0.4 is 4.74 Å². The van der Waals surface area contributed by atoms with Crippen molar-refractivity contribution < 1.29 is 9.15 Å². The van der Waals surface area contributed by atoms with Gasteiger partial charge in [-0.15, -0.1) is 31.7 Å². The molecule has 5 rings (SSSR count). The summed E-state index contributed by atoms with van der Waals surface area (Å²) in [6, 6.07) is 22.2. The third kappa shape index (κ3) is 4.90. The molecule has 0 bridgehead atoms. The molecular formula is C25H23N5O2S2. The van der Waals surface area contributed by atoms with Crippen LogP contribution in [0.4, 0.5) is 0 Å². The molecule has 0 amide bonds. The summed E-state index contributed by atoms with van der Waals surface area (Å²) in [7, 11) is 1.66. The van der Waals surface area contributed by atoms with Crippen molar-refractivity contribution in [2.24, 2.45) is 0 Å². The summed E-state index contributed by atoms with van der Waals surface area (Å²) in [6.45, 7) is 2.79. The Morgan fingerprint density at radius 2 is 1.79 bits per heavy atom. The fourth-order valence-electron chi connectivity index (χ4n) is 3.52. The lowest BCUT2D eigenvalue weighted by atomic mass is 10.1. The maximum Gasteiger partial charge on any atom is 0.257 e. The van der Waals surface area contributed by atoms with Gasteiger partial charge in [-0.3, -0.25) is 0 Å². The molecule has 5 aromatic rings. The number of aryl methyl sites for hydroxylation is 1. The van der Waals surface area contributed by atoms with E-state index >= 15 is 0 Å². The summed E-state index contributed by atoms with van der Waals surface area (Å²) in [5.74, 6) is 2.73. The van der Waals surface area contributed by atoms with Crippen molar-refractivity contribution in [3.05, 3.63) is 83.6 Å². The number of rotatable bonds is 9. The van der Waals surface area contributed by atoms with E-state index in [0.29, 0.717) is 11.8 Å². The van der Waals surface area contributed by atoms with Gasteiger partial charge in [0.05, 0.1) is 17.2 Å².